The van der Waals surface area contributed by atoms with Crippen LogP contribution in [-0.4, -0.2) is 44.6 Å². The molecule has 1 fully saturated rings. The van der Waals surface area contributed by atoms with E-state index >= 15 is 0 Å². The standard InChI is InChI=1S/C14H23N5O2/c1-9(2)12-16-7-10(18-15)11(17-12)13(20)19-6-4-5-14(3,21)8-19/h7,9,18,21H,4-6,8,15H2,1-3H3. The molecular weight excluding hydrogens is 270 g/mol. The van der Waals surface area contributed by atoms with Gasteiger partial charge < -0.3 is 15.4 Å². The number of nitrogens with one attached hydrogen (secondary N) is 1. The van der Waals surface area contributed by atoms with Crippen molar-refractivity contribution in [1.29, 1.82) is 0 Å². The summed E-state index contributed by atoms with van der Waals surface area (Å²) >= 11 is 0. The van der Waals surface area contributed by atoms with Crippen molar-refractivity contribution in [3.8, 4) is 0 Å². The molecule has 0 spiro atoms. The van der Waals surface area contributed by atoms with Crippen LogP contribution in [0.1, 0.15) is 55.8 Å². The van der Waals surface area contributed by atoms with Gasteiger partial charge in [-0.05, 0) is 19.8 Å². The molecule has 1 aliphatic rings. The van der Waals surface area contributed by atoms with Crippen LogP contribution >= 0.6 is 0 Å². The molecule has 0 aromatic carbocycles. The van der Waals surface area contributed by atoms with Crippen molar-refractivity contribution >= 4 is 11.6 Å². The molecule has 0 aliphatic carbocycles. The van der Waals surface area contributed by atoms with Gasteiger partial charge in [-0.3, -0.25) is 10.6 Å². The number of aliphatic hydroxyl groups is 1. The highest BCUT2D eigenvalue weighted by Gasteiger charge is 2.32. The second-order valence-electron chi connectivity index (χ2n) is 6.12. The summed E-state index contributed by atoms with van der Waals surface area (Å²) in [5, 5.41) is 10.1. The Morgan fingerprint density at radius 3 is 2.86 bits per heavy atom. The fraction of sp³-hybridized carbons (Fsp3) is 0.643. The normalized spacial score (nSPS) is 22.5. The molecule has 7 nitrogen and oxygen atoms in total. The zero-order valence-corrected chi connectivity index (χ0v) is 12.8. The molecule has 0 saturated carbocycles. The molecule has 21 heavy (non-hydrogen) atoms. The fourth-order valence-electron chi connectivity index (χ4n) is 2.49. The van der Waals surface area contributed by atoms with Gasteiger partial charge in [0.2, 0.25) is 0 Å². The zero-order chi connectivity index (χ0) is 15.6. The molecule has 1 unspecified atom stereocenters. The topological polar surface area (TPSA) is 104 Å². The number of nitrogens with two attached hydrogens (primary N) is 1. The van der Waals surface area contributed by atoms with E-state index in [0.717, 1.165) is 6.42 Å². The summed E-state index contributed by atoms with van der Waals surface area (Å²) < 4.78 is 0. The van der Waals surface area contributed by atoms with Crippen molar-refractivity contribution in [2.75, 3.05) is 18.5 Å². The average molecular weight is 293 g/mol. The first-order valence-corrected chi connectivity index (χ1v) is 7.19. The minimum Gasteiger partial charge on any atom is -0.388 e. The highest BCUT2D eigenvalue weighted by atomic mass is 16.3. The fourth-order valence-corrected chi connectivity index (χ4v) is 2.49. The van der Waals surface area contributed by atoms with Gasteiger partial charge in [0.05, 0.1) is 17.5 Å². The molecule has 2 heterocycles. The van der Waals surface area contributed by atoms with E-state index in [0.29, 0.717) is 31.0 Å². The molecule has 1 aromatic heterocycles. The van der Waals surface area contributed by atoms with Gasteiger partial charge in [-0.1, -0.05) is 13.8 Å². The van der Waals surface area contributed by atoms with Crippen molar-refractivity contribution in [3.63, 3.8) is 0 Å². The van der Waals surface area contributed by atoms with E-state index in [1.165, 1.54) is 6.20 Å². The van der Waals surface area contributed by atoms with Crippen molar-refractivity contribution in [1.82, 2.24) is 14.9 Å². The number of likely N-dealkylation sites (tertiary alicyclic amines) is 1. The second-order valence-corrected chi connectivity index (χ2v) is 6.12. The van der Waals surface area contributed by atoms with E-state index < -0.39 is 5.60 Å². The quantitative estimate of drug-likeness (QED) is 0.564. The van der Waals surface area contributed by atoms with Gasteiger partial charge in [0.15, 0.2) is 5.69 Å². The number of hydrazine groups is 1. The molecule has 1 atom stereocenters. The van der Waals surface area contributed by atoms with E-state index in [2.05, 4.69) is 15.4 Å². The number of nitrogens with zero attached hydrogens (tertiary/aromatic N) is 3. The number of rotatable bonds is 3. The lowest BCUT2D eigenvalue weighted by atomic mass is 9.95. The Morgan fingerprint density at radius 2 is 2.29 bits per heavy atom. The Bertz CT molecular complexity index is 530. The van der Waals surface area contributed by atoms with Crippen LogP contribution in [0.4, 0.5) is 5.69 Å². The van der Waals surface area contributed by atoms with Crippen LogP contribution in [0.3, 0.4) is 0 Å². The summed E-state index contributed by atoms with van der Waals surface area (Å²) in [5.41, 5.74) is 2.27. The third-order valence-corrected chi connectivity index (χ3v) is 3.64. The summed E-state index contributed by atoms with van der Waals surface area (Å²) in [4.78, 5) is 22.8. The zero-order valence-electron chi connectivity index (χ0n) is 12.8. The van der Waals surface area contributed by atoms with E-state index in [-0.39, 0.29) is 17.5 Å². The summed E-state index contributed by atoms with van der Waals surface area (Å²) in [7, 11) is 0. The maximum atomic E-state index is 12.7. The summed E-state index contributed by atoms with van der Waals surface area (Å²) in [6, 6.07) is 0. The van der Waals surface area contributed by atoms with Crippen molar-refractivity contribution in [3.05, 3.63) is 17.7 Å². The Kier molecular flexibility index (Phi) is 4.43. The number of hydrogen-bond acceptors (Lipinski definition) is 6. The van der Waals surface area contributed by atoms with Crippen LogP contribution in [-0.2, 0) is 0 Å². The lowest BCUT2D eigenvalue weighted by Gasteiger charge is -2.36. The minimum absolute atomic E-state index is 0.118. The third-order valence-electron chi connectivity index (χ3n) is 3.64. The Labute approximate surface area is 124 Å². The van der Waals surface area contributed by atoms with Gasteiger partial charge in [-0.15, -0.1) is 0 Å². The molecule has 4 N–H and O–H groups in total. The first kappa shape index (κ1) is 15.7. The maximum Gasteiger partial charge on any atom is 0.274 e. The molecule has 1 saturated heterocycles. The highest BCUT2D eigenvalue weighted by molar-refractivity contribution is 5.97. The number of aromatic nitrogens is 2. The summed E-state index contributed by atoms with van der Waals surface area (Å²) in [6.45, 7) is 6.58. The Hall–Kier alpha value is -1.73. The Balaban J connectivity index is 2.31. The maximum absolute atomic E-state index is 12.7. The predicted octanol–water partition coefficient (Wildman–Crippen LogP) is 0.873. The molecule has 1 aliphatic heterocycles. The van der Waals surface area contributed by atoms with Crippen LogP contribution in [0.5, 0.6) is 0 Å². The van der Waals surface area contributed by atoms with E-state index in [1.54, 1.807) is 11.8 Å². The van der Waals surface area contributed by atoms with Crippen molar-refractivity contribution in [2.24, 2.45) is 5.84 Å². The van der Waals surface area contributed by atoms with E-state index in [9.17, 15) is 9.90 Å². The molecule has 1 amide bonds. The van der Waals surface area contributed by atoms with Crippen LogP contribution in [0, 0.1) is 0 Å². The Morgan fingerprint density at radius 1 is 1.57 bits per heavy atom. The number of anilines is 1. The van der Waals surface area contributed by atoms with Crippen LogP contribution in [0.25, 0.3) is 0 Å². The number of carbonyl (C=O) groups is 1. The van der Waals surface area contributed by atoms with Crippen LogP contribution in [0.15, 0.2) is 6.20 Å². The smallest absolute Gasteiger partial charge is 0.274 e. The minimum atomic E-state index is -0.849. The SMILES string of the molecule is CC(C)c1ncc(NN)c(C(=O)N2CCCC(C)(O)C2)n1. The molecule has 7 heteroatoms. The lowest BCUT2D eigenvalue weighted by Crippen LogP contribution is -2.49. The van der Waals surface area contributed by atoms with E-state index in [1.807, 2.05) is 13.8 Å². The summed E-state index contributed by atoms with van der Waals surface area (Å²) in [5.74, 6) is 5.93. The molecule has 116 valence electrons. The third kappa shape index (κ3) is 3.48. The largest absolute Gasteiger partial charge is 0.388 e. The van der Waals surface area contributed by atoms with Crippen molar-refractivity contribution in [2.45, 2.75) is 45.1 Å². The van der Waals surface area contributed by atoms with Gasteiger partial charge in [0.25, 0.3) is 5.91 Å². The number of hydrogen-bond donors (Lipinski definition) is 3. The molecule has 0 bridgehead atoms. The number of amides is 1. The molecule has 0 radical (unpaired) electrons. The van der Waals surface area contributed by atoms with Crippen LogP contribution in [0.2, 0.25) is 0 Å². The number of carbonyl (C=O) groups excluding carboxylic acids is 1. The molecule has 2 rings (SSSR count). The van der Waals surface area contributed by atoms with Crippen molar-refractivity contribution < 1.29 is 9.90 Å². The number of piperidine rings is 1. The summed E-state index contributed by atoms with van der Waals surface area (Å²) in [6.07, 6.45) is 2.99. The van der Waals surface area contributed by atoms with Gasteiger partial charge in [0, 0.05) is 19.0 Å². The van der Waals surface area contributed by atoms with Crippen LogP contribution < -0.4 is 11.3 Å². The number of nitrogen functional groups attached to an aromatic ring is 1. The van der Waals surface area contributed by atoms with Gasteiger partial charge in [-0.2, -0.15) is 0 Å². The second kappa shape index (κ2) is 5.95. The first-order chi connectivity index (χ1) is 9.84. The van der Waals surface area contributed by atoms with Gasteiger partial charge in [0.1, 0.15) is 5.82 Å². The first-order valence-electron chi connectivity index (χ1n) is 7.19. The van der Waals surface area contributed by atoms with E-state index in [4.69, 9.17) is 5.84 Å². The predicted molar refractivity (Wildman–Crippen MR) is 79.7 cm³/mol. The van der Waals surface area contributed by atoms with Gasteiger partial charge in [-0.25, -0.2) is 9.97 Å². The lowest BCUT2D eigenvalue weighted by molar-refractivity contribution is -0.0109. The number of β-amino-alcohol motifs (C(OH)–C–C–N with tert-alkyl or cyclic N) is 1. The molecular formula is C14H23N5O2. The molecule has 1 aromatic rings. The highest BCUT2D eigenvalue weighted by Crippen LogP contribution is 2.24. The monoisotopic (exact) mass is 293 g/mol. The average Bonchev–Trinajstić information content (AvgIpc) is 2.44. The van der Waals surface area contributed by atoms with Gasteiger partial charge >= 0.3 is 0 Å².